The maximum atomic E-state index is 12.3. The summed E-state index contributed by atoms with van der Waals surface area (Å²) in [4.78, 5) is 12.3. The van der Waals surface area contributed by atoms with Crippen LogP contribution in [0.2, 0.25) is 0 Å². The van der Waals surface area contributed by atoms with Gasteiger partial charge in [-0.3, -0.25) is 4.79 Å². The Balaban J connectivity index is 4.30. The summed E-state index contributed by atoms with van der Waals surface area (Å²) in [6.45, 7) is 12.3. The highest BCUT2D eigenvalue weighted by Crippen LogP contribution is 2.15. The van der Waals surface area contributed by atoms with E-state index in [0.717, 1.165) is 56.5 Å². The lowest BCUT2D eigenvalue weighted by Gasteiger charge is -2.33. The van der Waals surface area contributed by atoms with Crippen molar-refractivity contribution in [3.8, 4) is 0 Å². The van der Waals surface area contributed by atoms with Crippen molar-refractivity contribution in [2.24, 2.45) is 0 Å². The third-order valence-corrected chi connectivity index (χ3v) is 13.8. The molecule has 0 aromatic heterocycles. The van der Waals surface area contributed by atoms with Crippen LogP contribution in [0.5, 0.6) is 0 Å². The SMILES string of the molecule is CCCCCCCC/C=C\CCCCCCCCOCC(C[N+](C)(C)CCOCCOC(=O)CCCCCCC/C=C\CCCCCCCC)OCCCCCCCC/C=C\CCCCCCCC. The molecule has 408 valence electrons. The number of likely N-dealkylation sites (N-methyl/N-ethyl adjacent to an activating group) is 1. The van der Waals surface area contributed by atoms with Gasteiger partial charge in [0, 0.05) is 19.6 Å². The largest absolute Gasteiger partial charge is 0.463 e. The molecule has 0 rings (SSSR count). The maximum Gasteiger partial charge on any atom is 0.305 e. The van der Waals surface area contributed by atoms with Gasteiger partial charge in [0.05, 0.1) is 33.9 Å². The van der Waals surface area contributed by atoms with Gasteiger partial charge in [-0.05, 0) is 96.3 Å². The van der Waals surface area contributed by atoms with Crippen LogP contribution in [0, 0.1) is 0 Å². The molecule has 1 unspecified atom stereocenters. The molecule has 0 amide bonds. The van der Waals surface area contributed by atoms with Crippen molar-refractivity contribution < 1.29 is 28.2 Å². The predicted octanol–water partition coefficient (Wildman–Crippen LogP) is 19.1. The maximum absolute atomic E-state index is 12.3. The molecule has 0 N–H and O–H groups in total. The monoisotopic (exact) mass is 973 g/mol. The second kappa shape index (κ2) is 57.4. The summed E-state index contributed by atoms with van der Waals surface area (Å²) in [7, 11) is 4.53. The van der Waals surface area contributed by atoms with E-state index in [1.165, 1.54) is 238 Å². The second-order valence-corrected chi connectivity index (χ2v) is 21.5. The van der Waals surface area contributed by atoms with Crippen LogP contribution < -0.4 is 0 Å². The zero-order chi connectivity index (χ0) is 50.1. The van der Waals surface area contributed by atoms with Crippen molar-refractivity contribution in [3.05, 3.63) is 36.5 Å². The first-order chi connectivity index (χ1) is 33.9. The molecule has 69 heavy (non-hydrogen) atoms. The average molecular weight is 974 g/mol. The lowest BCUT2D eigenvalue weighted by molar-refractivity contribution is -0.894. The molecule has 0 heterocycles. The molecule has 0 aliphatic rings. The molecule has 1 atom stereocenters. The van der Waals surface area contributed by atoms with E-state index < -0.39 is 0 Å². The zero-order valence-corrected chi connectivity index (χ0v) is 47.4. The molecule has 0 spiro atoms. The molecule has 6 heteroatoms. The molecule has 0 saturated carbocycles. The number of esters is 1. The molecular formula is C63H122NO5+. The Labute approximate surface area is 432 Å². The highest BCUT2D eigenvalue weighted by molar-refractivity contribution is 5.69. The van der Waals surface area contributed by atoms with Crippen LogP contribution in [0.15, 0.2) is 36.5 Å². The van der Waals surface area contributed by atoms with Crippen molar-refractivity contribution in [1.82, 2.24) is 0 Å². The van der Waals surface area contributed by atoms with Gasteiger partial charge in [0.2, 0.25) is 0 Å². The number of carbonyl (C=O) groups excluding carboxylic acids is 1. The third-order valence-electron chi connectivity index (χ3n) is 13.8. The van der Waals surface area contributed by atoms with Crippen molar-refractivity contribution in [2.45, 2.75) is 297 Å². The summed E-state index contributed by atoms with van der Waals surface area (Å²) < 4.78 is 25.1. The van der Waals surface area contributed by atoms with E-state index in [9.17, 15) is 4.79 Å². The van der Waals surface area contributed by atoms with E-state index in [1.807, 2.05) is 0 Å². The van der Waals surface area contributed by atoms with Crippen molar-refractivity contribution >= 4 is 5.97 Å². The van der Waals surface area contributed by atoms with Crippen molar-refractivity contribution in [2.75, 3.05) is 66.8 Å². The van der Waals surface area contributed by atoms with Gasteiger partial charge in [-0.1, -0.05) is 224 Å². The van der Waals surface area contributed by atoms with Gasteiger partial charge in [0.25, 0.3) is 0 Å². The summed E-state index contributed by atoms with van der Waals surface area (Å²) in [5.74, 6) is -0.0913. The first-order valence-corrected chi connectivity index (χ1v) is 30.6. The highest BCUT2D eigenvalue weighted by atomic mass is 16.6. The van der Waals surface area contributed by atoms with Crippen LogP contribution in [0.3, 0.4) is 0 Å². The van der Waals surface area contributed by atoms with Crippen LogP contribution in [0.4, 0.5) is 0 Å². The fourth-order valence-corrected chi connectivity index (χ4v) is 9.10. The number of nitrogens with zero attached hydrogens (tertiary/aromatic N) is 1. The molecule has 0 radical (unpaired) electrons. The normalized spacial score (nSPS) is 12.7. The quantitative estimate of drug-likeness (QED) is 0.0263. The van der Waals surface area contributed by atoms with E-state index in [1.54, 1.807) is 0 Å². The molecule has 0 fully saturated rings. The number of allylic oxidation sites excluding steroid dienone is 6. The molecule has 0 aliphatic heterocycles. The van der Waals surface area contributed by atoms with Crippen LogP contribution in [-0.4, -0.2) is 83.4 Å². The van der Waals surface area contributed by atoms with Gasteiger partial charge in [0.15, 0.2) is 0 Å². The van der Waals surface area contributed by atoms with Gasteiger partial charge in [-0.15, -0.1) is 0 Å². The number of hydrogen-bond acceptors (Lipinski definition) is 5. The molecule has 0 aliphatic carbocycles. The highest BCUT2D eigenvalue weighted by Gasteiger charge is 2.23. The number of unbranched alkanes of at least 4 members (excludes halogenated alkanes) is 35. The van der Waals surface area contributed by atoms with E-state index in [2.05, 4.69) is 71.3 Å². The van der Waals surface area contributed by atoms with Crippen molar-refractivity contribution in [1.29, 1.82) is 0 Å². The number of quaternary nitrogens is 1. The minimum atomic E-state index is -0.0913. The van der Waals surface area contributed by atoms with Crippen LogP contribution in [0.1, 0.15) is 290 Å². The van der Waals surface area contributed by atoms with E-state index >= 15 is 0 Å². The minimum absolute atomic E-state index is 0.0785. The topological polar surface area (TPSA) is 54.0 Å². The van der Waals surface area contributed by atoms with Crippen LogP contribution in [0.25, 0.3) is 0 Å². The number of hydrogen-bond donors (Lipinski definition) is 0. The Morgan fingerprint density at radius 2 is 0.725 bits per heavy atom. The smallest absolute Gasteiger partial charge is 0.305 e. The predicted molar refractivity (Wildman–Crippen MR) is 303 cm³/mol. The van der Waals surface area contributed by atoms with Crippen molar-refractivity contribution in [3.63, 3.8) is 0 Å². The molecule has 0 saturated heterocycles. The summed E-state index contributed by atoms with van der Waals surface area (Å²) >= 11 is 0. The van der Waals surface area contributed by atoms with Gasteiger partial charge in [-0.25, -0.2) is 0 Å². The Morgan fingerprint density at radius 3 is 1.13 bits per heavy atom. The van der Waals surface area contributed by atoms with Gasteiger partial charge in [0.1, 0.15) is 25.8 Å². The van der Waals surface area contributed by atoms with Gasteiger partial charge in [-0.2, -0.15) is 0 Å². The Morgan fingerprint density at radius 1 is 0.377 bits per heavy atom. The lowest BCUT2D eigenvalue weighted by Crippen LogP contribution is -2.49. The Kier molecular flexibility index (Phi) is 56.2. The van der Waals surface area contributed by atoms with Crippen LogP contribution >= 0.6 is 0 Å². The number of rotatable bonds is 58. The summed E-state index contributed by atoms with van der Waals surface area (Å²) in [5.41, 5.74) is 0. The Bertz CT molecular complexity index is 1090. The minimum Gasteiger partial charge on any atom is -0.463 e. The fraction of sp³-hybridized carbons (Fsp3) is 0.889. The number of ether oxygens (including phenoxy) is 4. The summed E-state index contributed by atoms with van der Waals surface area (Å²) in [5, 5.41) is 0. The van der Waals surface area contributed by atoms with E-state index in [0.29, 0.717) is 32.8 Å². The lowest BCUT2D eigenvalue weighted by atomic mass is 10.1. The van der Waals surface area contributed by atoms with Gasteiger partial charge < -0.3 is 23.4 Å². The molecule has 0 aromatic carbocycles. The third kappa shape index (κ3) is 57.3. The number of carbonyl (C=O) groups is 1. The second-order valence-electron chi connectivity index (χ2n) is 21.5. The van der Waals surface area contributed by atoms with Crippen LogP contribution in [-0.2, 0) is 23.7 Å². The van der Waals surface area contributed by atoms with E-state index in [-0.39, 0.29) is 12.1 Å². The Hall–Kier alpha value is -1.47. The fourth-order valence-electron chi connectivity index (χ4n) is 9.10. The van der Waals surface area contributed by atoms with E-state index in [4.69, 9.17) is 18.9 Å². The summed E-state index contributed by atoms with van der Waals surface area (Å²) in [6, 6.07) is 0. The standard InChI is InChI=1S/C63H122NO5/c1-6-9-12-15-18-21-24-27-30-33-36-39-42-45-48-51-55-67-61-62(68-56-52-49-46-43-40-37-34-31-28-25-22-19-16-13-10-7-2)60-64(4,5)54-57-66-58-59-69-63(65)53-50-47-44-41-38-35-32-29-26-23-20-17-14-11-8-3/h27-32,62H,6-26,33-61H2,1-5H3/q+1/b30-27-,31-28-,32-29-. The first kappa shape index (κ1) is 67.5. The molecule has 6 nitrogen and oxygen atoms in total. The zero-order valence-electron chi connectivity index (χ0n) is 47.4. The molecule has 0 bridgehead atoms. The molecular weight excluding hydrogens is 851 g/mol. The first-order valence-electron chi connectivity index (χ1n) is 30.6. The summed E-state index contributed by atoms with van der Waals surface area (Å²) in [6.07, 6.45) is 68.3. The molecule has 0 aromatic rings. The van der Waals surface area contributed by atoms with Gasteiger partial charge >= 0.3 is 5.97 Å². The average Bonchev–Trinajstić information content (AvgIpc) is 3.34.